The smallest absolute Gasteiger partial charge is 0.129 e. The van der Waals surface area contributed by atoms with Crippen LogP contribution in [0.1, 0.15) is 39.7 Å². The third-order valence-corrected chi connectivity index (χ3v) is 1.44. The molecule has 1 rings (SSSR count). The van der Waals surface area contributed by atoms with Crippen molar-refractivity contribution in [1.82, 2.24) is 0 Å². The Kier molecular flexibility index (Phi) is 13.1. The number of benzene rings is 1. The highest BCUT2D eigenvalue weighted by Gasteiger charge is 1.76. The van der Waals surface area contributed by atoms with Crippen molar-refractivity contribution in [3.8, 4) is 0 Å². The lowest BCUT2D eigenvalue weighted by molar-refractivity contribution is -0.116. The largest absolute Gasteiger partial charge is 0.300 e. The van der Waals surface area contributed by atoms with Crippen LogP contribution in [0.3, 0.4) is 0 Å². The first-order chi connectivity index (χ1) is 6.66. The van der Waals surface area contributed by atoms with Crippen molar-refractivity contribution in [1.29, 1.82) is 0 Å². The number of Topliss-reactive ketones (excluding diaryl/α,β-unsaturated/α-hetero) is 1. The SMILES string of the molecule is CC.CCC(C)=O.Cc1ccccc1. The summed E-state index contributed by atoms with van der Waals surface area (Å²) in [6.45, 7) is 9.52. The number of hydrogen-bond acceptors (Lipinski definition) is 1. The molecular weight excluding hydrogens is 172 g/mol. The molecule has 0 N–H and O–H groups in total. The maximum absolute atomic E-state index is 9.81. The van der Waals surface area contributed by atoms with E-state index < -0.39 is 0 Å². The second-order valence-electron chi connectivity index (χ2n) is 2.71. The summed E-state index contributed by atoms with van der Waals surface area (Å²) in [7, 11) is 0. The first-order valence-electron chi connectivity index (χ1n) is 5.18. The van der Waals surface area contributed by atoms with E-state index in [9.17, 15) is 4.79 Å². The highest BCUT2D eigenvalue weighted by atomic mass is 16.1. The van der Waals surface area contributed by atoms with E-state index in [1.807, 2.05) is 39.0 Å². The Morgan fingerprint density at radius 3 is 1.64 bits per heavy atom. The number of carbonyl (C=O) groups is 1. The molecule has 0 aliphatic carbocycles. The van der Waals surface area contributed by atoms with Gasteiger partial charge in [-0.2, -0.15) is 0 Å². The summed E-state index contributed by atoms with van der Waals surface area (Å²) in [6.07, 6.45) is 0.667. The molecule has 80 valence electrons. The lowest BCUT2D eigenvalue weighted by atomic mass is 10.2. The molecule has 0 saturated carbocycles. The topological polar surface area (TPSA) is 17.1 Å². The lowest BCUT2D eigenvalue weighted by Gasteiger charge is -1.82. The number of rotatable bonds is 1. The van der Waals surface area contributed by atoms with E-state index in [0.29, 0.717) is 6.42 Å². The van der Waals surface area contributed by atoms with Crippen LogP contribution in [0.25, 0.3) is 0 Å². The molecule has 0 heterocycles. The number of carbonyl (C=O) groups excluding carboxylic acids is 1. The summed E-state index contributed by atoms with van der Waals surface area (Å²) >= 11 is 0. The van der Waals surface area contributed by atoms with Crippen LogP contribution in [0.2, 0.25) is 0 Å². The molecule has 14 heavy (non-hydrogen) atoms. The minimum absolute atomic E-state index is 0.255. The van der Waals surface area contributed by atoms with Crippen LogP contribution in [0.15, 0.2) is 30.3 Å². The summed E-state index contributed by atoms with van der Waals surface area (Å²) < 4.78 is 0. The van der Waals surface area contributed by atoms with Crippen molar-refractivity contribution < 1.29 is 4.79 Å². The van der Waals surface area contributed by atoms with Gasteiger partial charge in [0.05, 0.1) is 0 Å². The van der Waals surface area contributed by atoms with Crippen molar-refractivity contribution in [2.24, 2.45) is 0 Å². The Balaban J connectivity index is 0. The Hall–Kier alpha value is -1.11. The van der Waals surface area contributed by atoms with Gasteiger partial charge in [0.1, 0.15) is 5.78 Å². The van der Waals surface area contributed by atoms with E-state index in [1.54, 1.807) is 6.92 Å². The molecule has 0 amide bonds. The fourth-order valence-electron chi connectivity index (χ4n) is 0.534. The maximum Gasteiger partial charge on any atom is 0.129 e. The van der Waals surface area contributed by atoms with Crippen molar-refractivity contribution in [3.05, 3.63) is 35.9 Å². The first-order valence-corrected chi connectivity index (χ1v) is 5.18. The number of ketones is 1. The summed E-state index contributed by atoms with van der Waals surface area (Å²) in [6, 6.07) is 10.3. The van der Waals surface area contributed by atoms with E-state index in [1.165, 1.54) is 5.56 Å². The van der Waals surface area contributed by atoms with Gasteiger partial charge < -0.3 is 4.79 Å². The van der Waals surface area contributed by atoms with E-state index in [2.05, 4.69) is 19.1 Å². The Morgan fingerprint density at radius 2 is 1.50 bits per heavy atom. The van der Waals surface area contributed by atoms with Crippen molar-refractivity contribution in [2.45, 2.75) is 41.0 Å². The molecule has 0 radical (unpaired) electrons. The minimum atomic E-state index is 0.255. The maximum atomic E-state index is 9.81. The van der Waals surface area contributed by atoms with Gasteiger partial charge >= 0.3 is 0 Å². The van der Waals surface area contributed by atoms with E-state index >= 15 is 0 Å². The second-order valence-corrected chi connectivity index (χ2v) is 2.71. The zero-order chi connectivity index (χ0) is 11.4. The molecule has 0 atom stereocenters. The van der Waals surface area contributed by atoms with Gasteiger partial charge in [0.2, 0.25) is 0 Å². The fourth-order valence-corrected chi connectivity index (χ4v) is 0.534. The average Bonchev–Trinajstić information content (AvgIpc) is 2.23. The van der Waals surface area contributed by atoms with Crippen LogP contribution < -0.4 is 0 Å². The Bertz CT molecular complexity index is 214. The fraction of sp³-hybridized carbons (Fsp3) is 0.462. The molecule has 1 nitrogen and oxygen atoms in total. The van der Waals surface area contributed by atoms with E-state index in [-0.39, 0.29) is 5.78 Å². The number of hydrogen-bond donors (Lipinski definition) is 0. The summed E-state index contributed by atoms with van der Waals surface area (Å²) in [5, 5.41) is 0. The predicted octanol–water partition coefficient (Wildman–Crippen LogP) is 4.01. The van der Waals surface area contributed by atoms with Gasteiger partial charge in [-0.25, -0.2) is 0 Å². The zero-order valence-corrected chi connectivity index (χ0v) is 10.0. The molecule has 0 aliphatic heterocycles. The normalized spacial score (nSPS) is 7.50. The van der Waals surface area contributed by atoms with Gasteiger partial charge in [-0.15, -0.1) is 0 Å². The summed E-state index contributed by atoms with van der Waals surface area (Å²) in [5.74, 6) is 0.255. The molecule has 0 aromatic heterocycles. The molecule has 0 aliphatic rings. The van der Waals surface area contributed by atoms with Crippen LogP contribution in [0.4, 0.5) is 0 Å². The Morgan fingerprint density at radius 1 is 1.14 bits per heavy atom. The molecule has 0 fully saturated rings. The number of aryl methyl sites for hydroxylation is 1. The third-order valence-electron chi connectivity index (χ3n) is 1.44. The van der Waals surface area contributed by atoms with Crippen LogP contribution in [-0.4, -0.2) is 5.78 Å². The van der Waals surface area contributed by atoms with Crippen LogP contribution >= 0.6 is 0 Å². The minimum Gasteiger partial charge on any atom is -0.300 e. The van der Waals surface area contributed by atoms with Gasteiger partial charge in [-0.05, 0) is 13.8 Å². The lowest BCUT2D eigenvalue weighted by Crippen LogP contribution is -1.80. The van der Waals surface area contributed by atoms with Crippen molar-refractivity contribution in [3.63, 3.8) is 0 Å². The molecule has 1 heteroatoms. The predicted molar refractivity (Wildman–Crippen MR) is 63.5 cm³/mol. The van der Waals surface area contributed by atoms with E-state index in [0.717, 1.165) is 0 Å². The van der Waals surface area contributed by atoms with Gasteiger partial charge in [-0.3, -0.25) is 0 Å². The molecule has 1 aromatic rings. The quantitative estimate of drug-likeness (QED) is 0.660. The van der Waals surface area contributed by atoms with Crippen LogP contribution in [0, 0.1) is 6.92 Å². The Labute approximate surface area is 88.2 Å². The highest BCUT2D eigenvalue weighted by molar-refractivity contribution is 5.74. The average molecular weight is 194 g/mol. The second kappa shape index (κ2) is 11.9. The molecule has 1 aromatic carbocycles. The summed E-state index contributed by atoms with van der Waals surface area (Å²) in [5.41, 5.74) is 1.32. The van der Waals surface area contributed by atoms with Crippen molar-refractivity contribution in [2.75, 3.05) is 0 Å². The van der Waals surface area contributed by atoms with Gasteiger partial charge in [0, 0.05) is 6.42 Å². The first kappa shape index (κ1) is 15.4. The summed E-state index contributed by atoms with van der Waals surface area (Å²) in [4.78, 5) is 9.81. The van der Waals surface area contributed by atoms with Gasteiger partial charge in [-0.1, -0.05) is 56.7 Å². The van der Waals surface area contributed by atoms with Crippen LogP contribution in [0.5, 0.6) is 0 Å². The van der Waals surface area contributed by atoms with Gasteiger partial charge in [0.15, 0.2) is 0 Å². The molecule has 0 bridgehead atoms. The molecule has 0 saturated heterocycles. The standard InChI is InChI=1S/C7H8.C4H8O.C2H6/c1-7-5-3-2-4-6-7;1-3-4(2)5;1-2/h2-6H,1H3;3H2,1-2H3;1-2H3. The molecule has 0 unspecified atom stereocenters. The monoisotopic (exact) mass is 194 g/mol. The van der Waals surface area contributed by atoms with Crippen LogP contribution in [-0.2, 0) is 4.79 Å². The van der Waals surface area contributed by atoms with E-state index in [4.69, 9.17) is 0 Å². The highest BCUT2D eigenvalue weighted by Crippen LogP contribution is 1.92. The van der Waals surface area contributed by atoms with Crippen molar-refractivity contribution >= 4 is 5.78 Å². The zero-order valence-electron chi connectivity index (χ0n) is 10.0. The third kappa shape index (κ3) is 13.5. The molecule has 0 spiro atoms. The molecular formula is C13H22O. The van der Waals surface area contributed by atoms with Gasteiger partial charge in [0.25, 0.3) is 0 Å².